The van der Waals surface area contributed by atoms with Crippen LogP contribution in [0.4, 0.5) is 5.69 Å². The van der Waals surface area contributed by atoms with Crippen LogP contribution in [0, 0.1) is 5.92 Å². The Balaban J connectivity index is 0.000000771. The number of nitrogens with zero attached hydrogens (tertiary/aromatic N) is 2. The average Bonchev–Trinajstić information content (AvgIpc) is 2.68. The Bertz CT molecular complexity index is 392. The lowest BCUT2D eigenvalue weighted by Gasteiger charge is -2.24. The Morgan fingerprint density at radius 2 is 1.78 bits per heavy atom. The van der Waals surface area contributed by atoms with Gasteiger partial charge in [0.1, 0.15) is 0 Å². The van der Waals surface area contributed by atoms with E-state index in [0.717, 1.165) is 18.5 Å². The monoisotopic (exact) mass is 252 g/mol. The fourth-order valence-corrected chi connectivity index (χ4v) is 2.05. The van der Waals surface area contributed by atoms with Crippen LogP contribution in [0.5, 0.6) is 0 Å². The number of hydrazone groups is 1. The molecule has 0 aromatic heterocycles. The molecule has 2 rings (SSSR count). The minimum atomic E-state index is -0.789. The number of aliphatic hydroxyl groups is 3. The summed E-state index contributed by atoms with van der Waals surface area (Å²) in [4.78, 5) is 0. The van der Waals surface area contributed by atoms with Crippen molar-refractivity contribution in [2.24, 2.45) is 11.0 Å². The minimum Gasteiger partial charge on any atom is -0.400 e. The molecular formula is C13H20N2O3. The molecule has 1 aliphatic heterocycles. The smallest absolute Gasteiger partial charge is 0.158 e. The summed E-state index contributed by atoms with van der Waals surface area (Å²) in [5, 5.41) is 32.5. The second-order valence-corrected chi connectivity index (χ2v) is 4.10. The highest BCUT2D eigenvalue weighted by molar-refractivity contribution is 5.89. The van der Waals surface area contributed by atoms with E-state index in [1.165, 1.54) is 0 Å². The second kappa shape index (κ2) is 6.49. The van der Waals surface area contributed by atoms with Gasteiger partial charge in [-0.3, -0.25) is 0 Å². The molecule has 5 heteroatoms. The number of aliphatic hydroxyl groups excluding tert-OH is 3. The first-order valence-electron chi connectivity index (χ1n) is 5.81. The Labute approximate surface area is 107 Å². The molecule has 3 unspecified atom stereocenters. The lowest BCUT2D eigenvalue weighted by molar-refractivity contribution is 0.0635. The number of rotatable bonds is 2. The van der Waals surface area contributed by atoms with Gasteiger partial charge in [0.25, 0.3) is 0 Å². The van der Waals surface area contributed by atoms with Crippen LogP contribution in [0.3, 0.4) is 0 Å². The van der Waals surface area contributed by atoms with E-state index in [1.54, 1.807) is 11.9 Å². The minimum absolute atomic E-state index is 0.319. The van der Waals surface area contributed by atoms with Crippen LogP contribution in [-0.4, -0.2) is 40.5 Å². The maximum Gasteiger partial charge on any atom is 0.158 e. The molecule has 5 nitrogen and oxygen atoms in total. The molecule has 0 radical (unpaired) electrons. The summed E-state index contributed by atoms with van der Waals surface area (Å²) < 4.78 is 0. The fraction of sp³-hybridized carbons (Fsp3) is 0.462. The van der Waals surface area contributed by atoms with Gasteiger partial charge in [-0.1, -0.05) is 18.2 Å². The van der Waals surface area contributed by atoms with Crippen molar-refractivity contribution in [2.45, 2.75) is 26.2 Å². The SMILES string of the molecule is CC1=NN(c2ccccc2)C(O)C1C(C)O.CO. The van der Waals surface area contributed by atoms with Crippen molar-refractivity contribution in [2.75, 3.05) is 12.1 Å². The van der Waals surface area contributed by atoms with Crippen LogP contribution >= 0.6 is 0 Å². The quantitative estimate of drug-likeness (QED) is 0.728. The van der Waals surface area contributed by atoms with Gasteiger partial charge in [-0.25, -0.2) is 5.01 Å². The van der Waals surface area contributed by atoms with Crippen LogP contribution in [-0.2, 0) is 0 Å². The van der Waals surface area contributed by atoms with Gasteiger partial charge >= 0.3 is 0 Å². The van der Waals surface area contributed by atoms with E-state index >= 15 is 0 Å². The Kier molecular flexibility index (Phi) is 5.27. The van der Waals surface area contributed by atoms with E-state index in [9.17, 15) is 10.2 Å². The normalized spacial score (nSPS) is 24.1. The first-order valence-corrected chi connectivity index (χ1v) is 5.81. The lowest BCUT2D eigenvalue weighted by Crippen LogP contribution is -2.38. The summed E-state index contributed by atoms with van der Waals surface area (Å²) in [5.74, 6) is -0.319. The van der Waals surface area contributed by atoms with Gasteiger partial charge in [0.2, 0.25) is 0 Å². The van der Waals surface area contributed by atoms with Crippen molar-refractivity contribution < 1.29 is 15.3 Å². The molecule has 0 saturated carbocycles. The van der Waals surface area contributed by atoms with Crippen LogP contribution in [0.25, 0.3) is 0 Å². The molecule has 0 bridgehead atoms. The third-order valence-electron chi connectivity index (χ3n) is 2.86. The average molecular weight is 252 g/mol. The number of anilines is 1. The first kappa shape index (κ1) is 14.6. The molecule has 0 aliphatic carbocycles. The molecule has 100 valence electrons. The highest BCUT2D eigenvalue weighted by Crippen LogP contribution is 2.28. The highest BCUT2D eigenvalue weighted by atomic mass is 16.3. The molecule has 1 aromatic carbocycles. The van der Waals surface area contributed by atoms with Crippen molar-refractivity contribution in [1.82, 2.24) is 0 Å². The maximum absolute atomic E-state index is 10.1. The van der Waals surface area contributed by atoms with Crippen LogP contribution in [0.2, 0.25) is 0 Å². The molecular weight excluding hydrogens is 232 g/mol. The van der Waals surface area contributed by atoms with Gasteiger partial charge < -0.3 is 15.3 Å². The number of benzene rings is 1. The molecule has 18 heavy (non-hydrogen) atoms. The summed E-state index contributed by atoms with van der Waals surface area (Å²) in [6.45, 7) is 3.49. The summed E-state index contributed by atoms with van der Waals surface area (Å²) in [5.41, 5.74) is 1.59. The molecule has 0 amide bonds. The molecule has 3 atom stereocenters. The molecule has 0 saturated heterocycles. The standard InChI is InChI=1S/C12H16N2O2.CH4O/c1-8-11(9(2)15)12(16)14(13-8)10-6-4-3-5-7-10;1-2/h3-7,9,11-12,15-16H,1-2H3;2H,1H3. The molecule has 1 aliphatic rings. The van der Waals surface area contributed by atoms with Crippen molar-refractivity contribution in [3.05, 3.63) is 30.3 Å². The zero-order valence-electron chi connectivity index (χ0n) is 10.9. The van der Waals surface area contributed by atoms with Crippen LogP contribution in [0.1, 0.15) is 13.8 Å². The van der Waals surface area contributed by atoms with Gasteiger partial charge in [-0.15, -0.1) is 0 Å². The maximum atomic E-state index is 10.1. The van der Waals surface area contributed by atoms with Crippen molar-refractivity contribution in [3.8, 4) is 0 Å². The zero-order chi connectivity index (χ0) is 13.7. The lowest BCUT2D eigenvalue weighted by atomic mass is 9.98. The molecule has 0 fully saturated rings. The molecule has 1 heterocycles. The first-order chi connectivity index (χ1) is 8.61. The van der Waals surface area contributed by atoms with Gasteiger partial charge in [-0.05, 0) is 26.0 Å². The third kappa shape index (κ3) is 2.87. The predicted molar refractivity (Wildman–Crippen MR) is 71.4 cm³/mol. The summed E-state index contributed by atoms with van der Waals surface area (Å²) in [7, 11) is 1.00. The van der Waals surface area contributed by atoms with E-state index in [-0.39, 0.29) is 5.92 Å². The molecule has 3 N–H and O–H groups in total. The third-order valence-corrected chi connectivity index (χ3v) is 2.86. The Morgan fingerprint density at radius 3 is 2.22 bits per heavy atom. The van der Waals surface area contributed by atoms with E-state index < -0.39 is 12.3 Å². The van der Waals surface area contributed by atoms with Crippen LogP contribution < -0.4 is 5.01 Å². The predicted octanol–water partition coefficient (Wildman–Crippen LogP) is 0.806. The van der Waals surface area contributed by atoms with Crippen molar-refractivity contribution in [1.29, 1.82) is 0 Å². The number of hydrogen-bond donors (Lipinski definition) is 3. The van der Waals surface area contributed by atoms with Gasteiger partial charge in [-0.2, -0.15) is 5.10 Å². The topological polar surface area (TPSA) is 76.3 Å². The van der Waals surface area contributed by atoms with Crippen molar-refractivity contribution in [3.63, 3.8) is 0 Å². The summed E-state index contributed by atoms with van der Waals surface area (Å²) in [6.07, 6.45) is -1.39. The van der Waals surface area contributed by atoms with E-state index in [4.69, 9.17) is 5.11 Å². The van der Waals surface area contributed by atoms with Crippen LogP contribution in [0.15, 0.2) is 35.4 Å². The number of hydrogen-bond acceptors (Lipinski definition) is 5. The molecule has 1 aromatic rings. The molecule has 0 spiro atoms. The van der Waals surface area contributed by atoms with E-state index in [0.29, 0.717) is 0 Å². The van der Waals surface area contributed by atoms with Gasteiger partial charge in [0.05, 0.1) is 17.7 Å². The van der Waals surface area contributed by atoms with Gasteiger partial charge in [0.15, 0.2) is 6.23 Å². The summed E-state index contributed by atoms with van der Waals surface area (Å²) >= 11 is 0. The zero-order valence-corrected chi connectivity index (χ0v) is 10.9. The van der Waals surface area contributed by atoms with E-state index in [1.807, 2.05) is 37.3 Å². The van der Waals surface area contributed by atoms with E-state index in [2.05, 4.69) is 5.10 Å². The Morgan fingerprint density at radius 1 is 1.22 bits per heavy atom. The second-order valence-electron chi connectivity index (χ2n) is 4.10. The Hall–Kier alpha value is -1.43. The number of para-hydroxylation sites is 1. The largest absolute Gasteiger partial charge is 0.400 e. The van der Waals surface area contributed by atoms with Gasteiger partial charge in [0, 0.05) is 12.8 Å². The van der Waals surface area contributed by atoms with Crippen molar-refractivity contribution >= 4 is 11.4 Å². The fourth-order valence-electron chi connectivity index (χ4n) is 2.05. The highest BCUT2D eigenvalue weighted by Gasteiger charge is 2.37. The summed E-state index contributed by atoms with van der Waals surface area (Å²) in [6, 6.07) is 9.45.